The van der Waals surface area contributed by atoms with Crippen molar-refractivity contribution in [2.45, 2.75) is 5.54 Å². The Morgan fingerprint density at radius 1 is 0.311 bits per heavy atom. The summed E-state index contributed by atoms with van der Waals surface area (Å²) in [5.41, 5.74) is 16.2. The standard InChI is InChI=1S/C59H40N2/c1-3-15-41(16-4-1)44-28-33-48(34-29-44)60(49-35-30-45(31-36-49)42-17-5-2-6-18-42)50-37-38-58-54(40-50)53-23-11-14-26-57(53)61(58)59(47-32-27-43-19-7-8-20-46(43)39-47)55-24-12-9-21-51(55)52-22-10-13-25-56(52)59/h1-40H. The first-order chi connectivity index (χ1) is 30.3. The number of fused-ring (bicyclic) bond motifs is 7. The second-order valence-electron chi connectivity index (χ2n) is 16.1. The van der Waals surface area contributed by atoms with Gasteiger partial charge in [0.1, 0.15) is 5.54 Å². The Kier molecular flexibility index (Phi) is 8.11. The van der Waals surface area contributed by atoms with Crippen LogP contribution < -0.4 is 4.90 Å². The molecule has 0 saturated heterocycles. The molecule has 0 N–H and O–H groups in total. The van der Waals surface area contributed by atoms with E-state index >= 15 is 0 Å². The molecule has 2 heteroatoms. The van der Waals surface area contributed by atoms with E-state index < -0.39 is 5.54 Å². The van der Waals surface area contributed by atoms with Crippen LogP contribution in [0.3, 0.4) is 0 Å². The molecule has 61 heavy (non-hydrogen) atoms. The summed E-state index contributed by atoms with van der Waals surface area (Å²) >= 11 is 0. The van der Waals surface area contributed by atoms with E-state index in [2.05, 4.69) is 252 Å². The van der Waals surface area contributed by atoms with Crippen molar-refractivity contribution in [3.05, 3.63) is 259 Å². The van der Waals surface area contributed by atoms with Crippen LogP contribution in [-0.2, 0) is 5.54 Å². The first-order valence-electron chi connectivity index (χ1n) is 21.1. The molecule has 0 atom stereocenters. The van der Waals surface area contributed by atoms with Crippen LogP contribution in [-0.4, -0.2) is 4.57 Å². The highest BCUT2D eigenvalue weighted by molar-refractivity contribution is 6.11. The van der Waals surface area contributed by atoms with Crippen molar-refractivity contribution in [2.75, 3.05) is 4.90 Å². The Bertz CT molecular complexity index is 3270. The molecule has 0 unspecified atom stereocenters. The fourth-order valence-electron chi connectivity index (χ4n) is 10.1. The molecule has 1 aliphatic carbocycles. The van der Waals surface area contributed by atoms with Gasteiger partial charge in [-0.15, -0.1) is 0 Å². The fraction of sp³-hybridized carbons (Fsp3) is 0.0169. The summed E-state index contributed by atoms with van der Waals surface area (Å²) in [5.74, 6) is 0. The Balaban J connectivity index is 1.11. The molecule has 0 saturated carbocycles. The molecule has 1 heterocycles. The van der Waals surface area contributed by atoms with Crippen LogP contribution in [0.2, 0.25) is 0 Å². The molecule has 0 radical (unpaired) electrons. The van der Waals surface area contributed by atoms with E-state index in [9.17, 15) is 0 Å². The molecule has 0 bridgehead atoms. The Hall–Kier alpha value is -7.94. The molecule has 10 aromatic carbocycles. The normalized spacial score (nSPS) is 12.7. The second kappa shape index (κ2) is 14.1. The summed E-state index contributed by atoms with van der Waals surface area (Å²) in [6, 6.07) is 89.1. The average Bonchev–Trinajstić information content (AvgIpc) is 3.83. The fourth-order valence-corrected chi connectivity index (χ4v) is 10.1. The molecular weight excluding hydrogens is 737 g/mol. The van der Waals surface area contributed by atoms with Gasteiger partial charge in [0, 0.05) is 27.8 Å². The number of para-hydroxylation sites is 1. The third-order valence-electron chi connectivity index (χ3n) is 12.8. The van der Waals surface area contributed by atoms with Crippen LogP contribution in [0.15, 0.2) is 243 Å². The van der Waals surface area contributed by atoms with Crippen molar-refractivity contribution in [1.82, 2.24) is 4.57 Å². The predicted molar refractivity (Wildman–Crippen MR) is 256 cm³/mol. The summed E-state index contributed by atoms with van der Waals surface area (Å²) in [6.07, 6.45) is 0. The van der Waals surface area contributed by atoms with Gasteiger partial charge in [0.05, 0.1) is 11.0 Å². The van der Waals surface area contributed by atoms with Crippen molar-refractivity contribution in [3.8, 4) is 33.4 Å². The summed E-state index contributed by atoms with van der Waals surface area (Å²) in [4.78, 5) is 2.40. The molecule has 0 aliphatic heterocycles. The van der Waals surface area contributed by atoms with Gasteiger partial charge in [-0.05, 0) is 115 Å². The maximum atomic E-state index is 2.64. The van der Waals surface area contributed by atoms with Crippen LogP contribution >= 0.6 is 0 Å². The topological polar surface area (TPSA) is 8.17 Å². The van der Waals surface area contributed by atoms with E-state index in [-0.39, 0.29) is 0 Å². The maximum Gasteiger partial charge on any atom is 0.122 e. The monoisotopic (exact) mass is 776 g/mol. The van der Waals surface area contributed by atoms with Gasteiger partial charge in [0.15, 0.2) is 0 Å². The van der Waals surface area contributed by atoms with Gasteiger partial charge in [-0.25, -0.2) is 0 Å². The van der Waals surface area contributed by atoms with E-state index in [4.69, 9.17) is 0 Å². The Morgan fingerprint density at radius 2 is 0.787 bits per heavy atom. The summed E-state index contributed by atoms with van der Waals surface area (Å²) in [5, 5.41) is 4.90. The second-order valence-corrected chi connectivity index (χ2v) is 16.1. The predicted octanol–water partition coefficient (Wildman–Crippen LogP) is 15.6. The van der Waals surface area contributed by atoms with Crippen molar-refractivity contribution >= 4 is 49.6 Å². The van der Waals surface area contributed by atoms with Crippen molar-refractivity contribution < 1.29 is 0 Å². The molecule has 11 aromatic rings. The third-order valence-corrected chi connectivity index (χ3v) is 12.8. The quantitative estimate of drug-likeness (QED) is 0.156. The molecule has 0 amide bonds. The number of aromatic nitrogens is 1. The molecule has 12 rings (SSSR count). The van der Waals surface area contributed by atoms with Gasteiger partial charge in [0.25, 0.3) is 0 Å². The van der Waals surface area contributed by atoms with Crippen LogP contribution in [0.5, 0.6) is 0 Å². The third kappa shape index (κ3) is 5.50. The summed E-state index contributed by atoms with van der Waals surface area (Å²) < 4.78 is 2.64. The highest BCUT2D eigenvalue weighted by Crippen LogP contribution is 2.56. The van der Waals surface area contributed by atoms with Crippen LogP contribution in [0.25, 0.3) is 66.0 Å². The average molecular weight is 777 g/mol. The minimum Gasteiger partial charge on any atom is -0.322 e. The number of benzene rings is 10. The van der Waals surface area contributed by atoms with Crippen LogP contribution in [0, 0.1) is 0 Å². The zero-order valence-corrected chi connectivity index (χ0v) is 33.5. The van der Waals surface area contributed by atoms with Crippen molar-refractivity contribution in [1.29, 1.82) is 0 Å². The summed E-state index contributed by atoms with van der Waals surface area (Å²) in [6.45, 7) is 0. The van der Waals surface area contributed by atoms with Crippen molar-refractivity contribution in [3.63, 3.8) is 0 Å². The lowest BCUT2D eigenvalue weighted by Crippen LogP contribution is -2.35. The Labute approximate surface area is 355 Å². The van der Waals surface area contributed by atoms with E-state index in [0.29, 0.717) is 0 Å². The van der Waals surface area contributed by atoms with Gasteiger partial charge in [-0.3, -0.25) is 0 Å². The number of rotatable bonds is 7. The maximum absolute atomic E-state index is 2.64. The number of anilines is 3. The first-order valence-corrected chi connectivity index (χ1v) is 21.1. The molecule has 2 nitrogen and oxygen atoms in total. The lowest BCUT2D eigenvalue weighted by Gasteiger charge is -2.37. The SMILES string of the molecule is c1ccc(-c2ccc(N(c3ccc(-c4ccccc4)cc3)c3ccc4c(c3)c3ccccc3n4C3(c4ccc5ccccc5c4)c4ccccc4-c4ccccc43)cc2)cc1. The molecule has 0 spiro atoms. The molecular formula is C59H40N2. The van der Waals surface area contributed by atoms with Gasteiger partial charge in [0.2, 0.25) is 0 Å². The van der Waals surface area contributed by atoms with Gasteiger partial charge < -0.3 is 9.47 Å². The lowest BCUT2D eigenvalue weighted by atomic mass is 9.79. The van der Waals surface area contributed by atoms with E-state index in [1.807, 2.05) is 0 Å². The van der Waals surface area contributed by atoms with E-state index in [0.717, 1.165) is 17.1 Å². The largest absolute Gasteiger partial charge is 0.322 e. The zero-order valence-electron chi connectivity index (χ0n) is 33.5. The lowest BCUT2D eigenvalue weighted by molar-refractivity contribution is 0.564. The van der Waals surface area contributed by atoms with Gasteiger partial charge in [-0.2, -0.15) is 0 Å². The first kappa shape index (κ1) is 35.0. The van der Waals surface area contributed by atoms with Crippen molar-refractivity contribution in [2.24, 2.45) is 0 Å². The minimum absolute atomic E-state index is 0.639. The van der Waals surface area contributed by atoms with Gasteiger partial charge >= 0.3 is 0 Å². The van der Waals surface area contributed by atoms with Crippen LogP contribution in [0.4, 0.5) is 17.1 Å². The molecule has 286 valence electrons. The van der Waals surface area contributed by atoms with Crippen LogP contribution in [0.1, 0.15) is 16.7 Å². The number of hydrogen-bond donors (Lipinski definition) is 0. The zero-order chi connectivity index (χ0) is 40.3. The highest BCUT2D eigenvalue weighted by Gasteiger charge is 2.47. The highest BCUT2D eigenvalue weighted by atomic mass is 15.1. The minimum atomic E-state index is -0.639. The number of nitrogens with zero attached hydrogens (tertiary/aromatic N) is 2. The smallest absolute Gasteiger partial charge is 0.122 e. The summed E-state index contributed by atoms with van der Waals surface area (Å²) in [7, 11) is 0. The molecule has 0 fully saturated rings. The molecule has 1 aliphatic rings. The van der Waals surface area contributed by atoms with Gasteiger partial charge in [-0.1, -0.05) is 188 Å². The van der Waals surface area contributed by atoms with E-state index in [1.165, 1.54) is 82.6 Å². The van der Waals surface area contributed by atoms with E-state index in [1.54, 1.807) is 0 Å². The molecule has 1 aromatic heterocycles. The number of hydrogen-bond acceptors (Lipinski definition) is 1. The Morgan fingerprint density at radius 3 is 1.41 bits per heavy atom.